The summed E-state index contributed by atoms with van der Waals surface area (Å²) in [6.45, 7) is 1.72. The molecular weight excluding hydrogens is 415 g/mol. The average molecular weight is 435 g/mol. The molecule has 0 bridgehead atoms. The second-order valence-corrected chi connectivity index (χ2v) is 9.07. The summed E-state index contributed by atoms with van der Waals surface area (Å²) >= 11 is 0. The number of hydrogen-bond donors (Lipinski definition) is 0. The molecule has 0 amide bonds. The molecule has 3 aromatic rings. The van der Waals surface area contributed by atoms with Crippen molar-refractivity contribution in [2.75, 3.05) is 26.2 Å². The van der Waals surface area contributed by atoms with Crippen molar-refractivity contribution in [3.8, 4) is 0 Å². The molecule has 9 heteroatoms. The summed E-state index contributed by atoms with van der Waals surface area (Å²) in [5, 5.41) is 1.03. The van der Waals surface area contributed by atoms with Gasteiger partial charge in [0.1, 0.15) is 0 Å². The van der Waals surface area contributed by atoms with Gasteiger partial charge in [-0.3, -0.25) is 9.88 Å². The van der Waals surface area contributed by atoms with Gasteiger partial charge in [0, 0.05) is 44.3 Å². The van der Waals surface area contributed by atoms with Gasteiger partial charge >= 0.3 is 6.18 Å². The highest BCUT2D eigenvalue weighted by Crippen LogP contribution is 2.35. The maximum Gasteiger partial charge on any atom is 0.417 e. The summed E-state index contributed by atoms with van der Waals surface area (Å²) in [5.74, 6) is 0. The lowest BCUT2D eigenvalue weighted by molar-refractivity contribution is -0.139. The van der Waals surface area contributed by atoms with Crippen LogP contribution in [0, 0.1) is 0 Å². The van der Waals surface area contributed by atoms with Gasteiger partial charge in [-0.25, -0.2) is 8.42 Å². The second kappa shape index (κ2) is 7.98. The van der Waals surface area contributed by atoms with Crippen LogP contribution in [-0.2, 0) is 22.7 Å². The molecule has 1 fully saturated rings. The summed E-state index contributed by atoms with van der Waals surface area (Å²) in [6.07, 6.45) is -3.00. The van der Waals surface area contributed by atoms with Gasteiger partial charge in [-0.2, -0.15) is 17.5 Å². The van der Waals surface area contributed by atoms with Gasteiger partial charge in [0.15, 0.2) is 0 Å². The van der Waals surface area contributed by atoms with Crippen LogP contribution in [0.15, 0.2) is 65.7 Å². The Morgan fingerprint density at radius 1 is 0.900 bits per heavy atom. The number of halogens is 3. The fraction of sp³-hybridized carbons (Fsp3) is 0.286. The highest BCUT2D eigenvalue weighted by molar-refractivity contribution is 7.89. The number of alkyl halides is 3. The molecule has 2 heterocycles. The van der Waals surface area contributed by atoms with Crippen LogP contribution in [0.2, 0.25) is 0 Å². The minimum absolute atomic E-state index is 0.132. The summed E-state index contributed by atoms with van der Waals surface area (Å²) in [5.41, 5.74) is 0.801. The van der Waals surface area contributed by atoms with Crippen molar-refractivity contribution < 1.29 is 21.6 Å². The number of sulfonamides is 1. The number of hydrogen-bond acceptors (Lipinski definition) is 4. The number of piperazine rings is 1. The Balaban J connectivity index is 1.50. The molecule has 0 atom stereocenters. The van der Waals surface area contributed by atoms with E-state index in [0.29, 0.717) is 19.6 Å². The van der Waals surface area contributed by atoms with Gasteiger partial charge in [0.05, 0.1) is 16.0 Å². The van der Waals surface area contributed by atoms with Crippen LogP contribution >= 0.6 is 0 Å². The Morgan fingerprint density at radius 3 is 2.33 bits per heavy atom. The largest absolute Gasteiger partial charge is 0.417 e. The van der Waals surface area contributed by atoms with Crippen LogP contribution in [0.3, 0.4) is 0 Å². The summed E-state index contributed by atoms with van der Waals surface area (Å²) in [6, 6.07) is 14.1. The standard InChI is InChI=1S/C21H20F3N3O2S/c22-21(23,24)18-8-1-2-9-19(18)30(28,29)27-13-11-26(12-14-27)15-17-6-3-5-16-7-4-10-25-20(16)17/h1-10H,11-15H2. The summed E-state index contributed by atoms with van der Waals surface area (Å²) in [4.78, 5) is 5.83. The predicted molar refractivity (Wildman–Crippen MR) is 107 cm³/mol. The van der Waals surface area contributed by atoms with E-state index < -0.39 is 26.7 Å². The SMILES string of the molecule is O=S(=O)(c1ccccc1C(F)(F)F)N1CCN(Cc2cccc3cccnc23)CC1. The minimum Gasteiger partial charge on any atom is -0.296 e. The number of fused-ring (bicyclic) bond motifs is 1. The van der Waals surface area contributed by atoms with Gasteiger partial charge in [-0.05, 0) is 23.8 Å². The lowest BCUT2D eigenvalue weighted by Crippen LogP contribution is -2.48. The average Bonchev–Trinajstić information content (AvgIpc) is 2.74. The first-order valence-corrected chi connectivity index (χ1v) is 10.9. The Hall–Kier alpha value is -2.49. The first kappa shape index (κ1) is 20.8. The molecule has 0 spiro atoms. The molecule has 5 nitrogen and oxygen atoms in total. The van der Waals surface area contributed by atoms with Crippen LogP contribution in [-0.4, -0.2) is 48.8 Å². The maximum absolute atomic E-state index is 13.3. The first-order valence-electron chi connectivity index (χ1n) is 9.48. The smallest absolute Gasteiger partial charge is 0.296 e. The summed E-state index contributed by atoms with van der Waals surface area (Å²) in [7, 11) is -4.23. The third-order valence-corrected chi connectivity index (χ3v) is 7.21. The van der Waals surface area contributed by atoms with Gasteiger partial charge in [0.2, 0.25) is 10.0 Å². The van der Waals surface area contributed by atoms with Crippen LogP contribution in [0.4, 0.5) is 13.2 Å². The zero-order valence-corrected chi connectivity index (χ0v) is 16.8. The molecule has 0 N–H and O–H groups in total. The second-order valence-electron chi connectivity index (χ2n) is 7.17. The molecular formula is C21H20F3N3O2S. The van der Waals surface area contributed by atoms with Crippen molar-refractivity contribution in [2.24, 2.45) is 0 Å². The molecule has 1 aliphatic rings. The van der Waals surface area contributed by atoms with E-state index in [9.17, 15) is 21.6 Å². The third kappa shape index (κ3) is 4.05. The summed E-state index contributed by atoms with van der Waals surface area (Å²) < 4.78 is 66.8. The Morgan fingerprint density at radius 2 is 1.60 bits per heavy atom. The topological polar surface area (TPSA) is 53.5 Å². The van der Waals surface area contributed by atoms with Crippen LogP contribution in [0.25, 0.3) is 10.9 Å². The Labute approximate surface area is 172 Å². The zero-order chi connectivity index (χ0) is 21.4. The zero-order valence-electron chi connectivity index (χ0n) is 16.0. The predicted octanol–water partition coefficient (Wildman–Crippen LogP) is 3.76. The van der Waals surface area contributed by atoms with Crippen LogP contribution in [0.5, 0.6) is 0 Å². The van der Waals surface area contributed by atoms with E-state index in [1.54, 1.807) is 6.20 Å². The lowest BCUT2D eigenvalue weighted by atomic mass is 10.1. The van der Waals surface area contributed by atoms with Gasteiger partial charge in [-0.15, -0.1) is 0 Å². The fourth-order valence-corrected chi connectivity index (χ4v) is 5.36. The third-order valence-electron chi connectivity index (χ3n) is 5.25. The molecule has 1 aromatic heterocycles. The van der Waals surface area contributed by atoms with Crippen LogP contribution < -0.4 is 0 Å². The van der Waals surface area contributed by atoms with E-state index in [2.05, 4.69) is 9.88 Å². The molecule has 0 saturated carbocycles. The number of rotatable bonds is 4. The molecule has 0 unspecified atom stereocenters. The van der Waals surface area contributed by atoms with Gasteiger partial charge in [0.25, 0.3) is 0 Å². The molecule has 1 aliphatic heterocycles. The first-order chi connectivity index (χ1) is 14.3. The van der Waals surface area contributed by atoms with Gasteiger partial charge in [-0.1, -0.05) is 36.4 Å². The monoisotopic (exact) mass is 435 g/mol. The highest BCUT2D eigenvalue weighted by Gasteiger charge is 2.39. The fourth-order valence-electron chi connectivity index (χ4n) is 3.73. The number of para-hydroxylation sites is 1. The molecule has 0 aliphatic carbocycles. The van der Waals surface area contributed by atoms with E-state index in [-0.39, 0.29) is 13.1 Å². The van der Waals surface area contributed by atoms with Gasteiger partial charge < -0.3 is 0 Å². The van der Waals surface area contributed by atoms with E-state index >= 15 is 0 Å². The lowest BCUT2D eigenvalue weighted by Gasteiger charge is -2.34. The van der Waals surface area contributed by atoms with Crippen molar-refractivity contribution in [3.05, 3.63) is 71.9 Å². The van der Waals surface area contributed by atoms with E-state index in [0.717, 1.165) is 32.9 Å². The Bertz CT molecular complexity index is 1150. The van der Waals surface area contributed by atoms with Crippen molar-refractivity contribution in [2.45, 2.75) is 17.6 Å². The minimum atomic E-state index is -4.73. The quantitative estimate of drug-likeness (QED) is 0.626. The van der Waals surface area contributed by atoms with Crippen molar-refractivity contribution >= 4 is 20.9 Å². The maximum atomic E-state index is 13.3. The Kier molecular flexibility index (Phi) is 5.52. The normalized spacial score (nSPS) is 16.8. The van der Waals surface area contributed by atoms with Crippen molar-refractivity contribution in [1.29, 1.82) is 0 Å². The van der Waals surface area contributed by atoms with E-state index in [1.165, 1.54) is 12.1 Å². The van der Waals surface area contributed by atoms with E-state index in [1.807, 2.05) is 30.3 Å². The number of pyridine rings is 1. The molecule has 30 heavy (non-hydrogen) atoms. The number of benzene rings is 2. The molecule has 4 rings (SSSR count). The van der Waals surface area contributed by atoms with E-state index in [4.69, 9.17) is 0 Å². The number of nitrogens with zero attached hydrogens (tertiary/aromatic N) is 3. The molecule has 0 radical (unpaired) electrons. The van der Waals surface area contributed by atoms with Crippen molar-refractivity contribution in [3.63, 3.8) is 0 Å². The molecule has 2 aromatic carbocycles. The van der Waals surface area contributed by atoms with Crippen LogP contribution in [0.1, 0.15) is 11.1 Å². The highest BCUT2D eigenvalue weighted by atomic mass is 32.2. The molecule has 1 saturated heterocycles. The van der Waals surface area contributed by atoms with Crippen molar-refractivity contribution in [1.82, 2.24) is 14.2 Å². The number of aromatic nitrogens is 1. The molecule has 158 valence electrons.